The number of benzene rings is 4. The second kappa shape index (κ2) is 11.2. The number of aryl methyl sites for hydroxylation is 1. The monoisotopic (exact) mass is 513 g/mol. The van der Waals surface area contributed by atoms with Gasteiger partial charge >= 0.3 is 5.97 Å². The van der Waals surface area contributed by atoms with E-state index in [2.05, 4.69) is 23.5 Å². The summed E-state index contributed by atoms with van der Waals surface area (Å²) in [6.07, 6.45) is 2.35. The molecule has 0 bridgehead atoms. The highest BCUT2D eigenvalue weighted by Gasteiger charge is 2.20. The Balaban J connectivity index is 1.23. The molecule has 0 fully saturated rings. The first-order valence-electron chi connectivity index (χ1n) is 12.3. The van der Waals surface area contributed by atoms with E-state index >= 15 is 0 Å². The average molecular weight is 514 g/mol. The van der Waals surface area contributed by atoms with Crippen LogP contribution >= 0.6 is 11.6 Å². The highest BCUT2D eigenvalue weighted by molar-refractivity contribution is 6.30. The maximum Gasteiger partial charge on any atom is 0.335 e. The van der Waals surface area contributed by atoms with Gasteiger partial charge < -0.3 is 20.3 Å². The molecule has 1 aliphatic carbocycles. The van der Waals surface area contributed by atoms with Crippen LogP contribution in [0.2, 0.25) is 5.02 Å². The number of hydrogen-bond acceptors (Lipinski definition) is 4. The van der Waals surface area contributed by atoms with Crippen molar-refractivity contribution in [3.63, 3.8) is 0 Å². The minimum absolute atomic E-state index is 0.190. The van der Waals surface area contributed by atoms with Crippen molar-refractivity contribution in [1.82, 2.24) is 5.32 Å². The highest BCUT2D eigenvalue weighted by atomic mass is 35.5. The van der Waals surface area contributed by atoms with Crippen molar-refractivity contribution >= 4 is 17.6 Å². The third-order valence-corrected chi connectivity index (χ3v) is 7.01. The Bertz CT molecular complexity index is 1400. The van der Waals surface area contributed by atoms with E-state index in [0.717, 1.165) is 36.0 Å². The number of fused-ring (bicyclic) bond motifs is 1. The molecule has 37 heavy (non-hydrogen) atoms. The zero-order valence-electron chi connectivity index (χ0n) is 20.2. The van der Waals surface area contributed by atoms with Crippen molar-refractivity contribution in [3.05, 3.63) is 118 Å². The minimum atomic E-state index is -0.983. The van der Waals surface area contributed by atoms with Crippen LogP contribution in [0.25, 0.3) is 11.1 Å². The van der Waals surface area contributed by atoms with E-state index in [1.165, 1.54) is 23.3 Å². The lowest BCUT2D eigenvalue weighted by Gasteiger charge is -2.27. The molecule has 0 aliphatic heterocycles. The first kappa shape index (κ1) is 25.0. The second-order valence-corrected chi connectivity index (χ2v) is 9.80. The minimum Gasteiger partial charge on any atom is -0.478 e. The number of rotatable bonds is 8. The summed E-state index contributed by atoms with van der Waals surface area (Å²) >= 11 is 6.06. The van der Waals surface area contributed by atoms with Crippen LogP contribution in [-0.2, 0) is 12.8 Å². The molecule has 0 radical (unpaired) electrons. The quantitative estimate of drug-likeness (QED) is 0.245. The SMILES string of the molecule is O=C(O)c1cccc(Oc2ccc(-c3ccc4c(c3)C[C@@H](NC[C@@H](O)c3cccc(Cl)c3)CC4)cc2)c1. The first-order chi connectivity index (χ1) is 17.9. The predicted molar refractivity (Wildman–Crippen MR) is 146 cm³/mol. The van der Waals surface area contributed by atoms with Crippen molar-refractivity contribution in [3.8, 4) is 22.6 Å². The number of carboxylic acids is 1. The molecule has 4 aromatic carbocycles. The van der Waals surface area contributed by atoms with Crippen molar-refractivity contribution in [2.45, 2.75) is 31.4 Å². The number of carboxylic acid groups (broad SMARTS) is 1. The van der Waals surface area contributed by atoms with Crippen LogP contribution in [0.1, 0.15) is 39.6 Å². The number of aromatic carboxylic acids is 1. The van der Waals surface area contributed by atoms with Crippen LogP contribution in [0.3, 0.4) is 0 Å². The molecule has 0 saturated carbocycles. The van der Waals surface area contributed by atoms with Crippen LogP contribution in [0.4, 0.5) is 0 Å². The zero-order valence-corrected chi connectivity index (χ0v) is 21.0. The Labute approximate surface area is 221 Å². The molecule has 5 nitrogen and oxygen atoms in total. The lowest BCUT2D eigenvalue weighted by Crippen LogP contribution is -2.37. The summed E-state index contributed by atoms with van der Waals surface area (Å²) in [5.41, 5.74) is 5.92. The van der Waals surface area contributed by atoms with E-state index in [0.29, 0.717) is 29.1 Å². The maximum absolute atomic E-state index is 11.2. The zero-order chi connectivity index (χ0) is 25.8. The number of carbonyl (C=O) groups is 1. The smallest absolute Gasteiger partial charge is 0.335 e. The molecule has 0 saturated heterocycles. The standard InChI is InChI=1S/C31H28ClNO4/c32-26-5-1-3-23(16-26)30(34)19-33-27-12-9-21-7-8-22(15-25(21)17-27)20-10-13-28(14-11-20)37-29-6-2-4-24(18-29)31(35)36/h1-8,10-11,13-16,18,27,30,33-34H,9,12,17,19H2,(H,35,36)/t27-,30+/m0/s1. The van der Waals surface area contributed by atoms with Gasteiger partial charge in [0.2, 0.25) is 0 Å². The van der Waals surface area contributed by atoms with E-state index < -0.39 is 12.1 Å². The molecule has 1 aliphatic rings. The molecule has 5 rings (SSSR count). The van der Waals surface area contributed by atoms with Crippen LogP contribution < -0.4 is 10.1 Å². The third kappa shape index (κ3) is 6.20. The van der Waals surface area contributed by atoms with Crippen LogP contribution in [0, 0.1) is 0 Å². The van der Waals surface area contributed by atoms with Crippen molar-refractivity contribution in [2.75, 3.05) is 6.54 Å². The Morgan fingerprint density at radius 2 is 1.70 bits per heavy atom. The number of halogens is 1. The number of aliphatic hydroxyl groups is 1. The molecule has 0 unspecified atom stereocenters. The van der Waals surface area contributed by atoms with Gasteiger partial charge in [-0.2, -0.15) is 0 Å². The van der Waals surface area contributed by atoms with Gasteiger partial charge in [0.25, 0.3) is 0 Å². The molecular formula is C31H28ClNO4. The maximum atomic E-state index is 11.2. The fourth-order valence-corrected chi connectivity index (χ4v) is 4.96. The average Bonchev–Trinajstić information content (AvgIpc) is 2.92. The third-order valence-electron chi connectivity index (χ3n) is 6.77. The Kier molecular flexibility index (Phi) is 7.56. The summed E-state index contributed by atoms with van der Waals surface area (Å²) in [6.45, 7) is 0.483. The Morgan fingerprint density at radius 1 is 0.919 bits per heavy atom. The van der Waals surface area contributed by atoms with Gasteiger partial charge in [0.1, 0.15) is 11.5 Å². The van der Waals surface area contributed by atoms with E-state index in [1.54, 1.807) is 18.2 Å². The lowest BCUT2D eigenvalue weighted by molar-refractivity contribution is 0.0696. The fraction of sp³-hybridized carbons (Fsp3) is 0.194. The number of nitrogens with one attached hydrogen (secondary N) is 1. The largest absolute Gasteiger partial charge is 0.478 e. The summed E-state index contributed by atoms with van der Waals surface area (Å²) in [4.78, 5) is 11.2. The van der Waals surface area contributed by atoms with E-state index in [9.17, 15) is 15.0 Å². The molecule has 0 aromatic heterocycles. The van der Waals surface area contributed by atoms with Crippen molar-refractivity contribution in [2.24, 2.45) is 0 Å². The molecule has 0 heterocycles. The molecule has 2 atom stereocenters. The van der Waals surface area contributed by atoms with Gasteiger partial charge in [-0.25, -0.2) is 4.79 Å². The highest BCUT2D eigenvalue weighted by Crippen LogP contribution is 2.30. The predicted octanol–water partition coefficient (Wildman–Crippen LogP) is 6.68. The van der Waals surface area contributed by atoms with Crippen molar-refractivity contribution < 1.29 is 19.7 Å². The van der Waals surface area contributed by atoms with Crippen LogP contribution in [0.15, 0.2) is 91.0 Å². The molecule has 188 valence electrons. The van der Waals surface area contributed by atoms with Gasteiger partial charge in [-0.05, 0) is 89.5 Å². The van der Waals surface area contributed by atoms with E-state index in [4.69, 9.17) is 16.3 Å². The summed E-state index contributed by atoms with van der Waals surface area (Å²) in [6, 6.07) is 28.5. The van der Waals surface area contributed by atoms with Crippen LogP contribution in [0.5, 0.6) is 11.5 Å². The van der Waals surface area contributed by atoms with Gasteiger partial charge in [0.05, 0.1) is 11.7 Å². The molecular weight excluding hydrogens is 486 g/mol. The van der Waals surface area contributed by atoms with E-state index in [1.807, 2.05) is 42.5 Å². The molecule has 0 spiro atoms. The van der Waals surface area contributed by atoms with Gasteiger partial charge in [0, 0.05) is 17.6 Å². The second-order valence-electron chi connectivity index (χ2n) is 9.36. The lowest BCUT2D eigenvalue weighted by atomic mass is 9.86. The van der Waals surface area contributed by atoms with Gasteiger partial charge in [-0.15, -0.1) is 0 Å². The van der Waals surface area contributed by atoms with Gasteiger partial charge in [-0.3, -0.25) is 0 Å². The molecule has 4 aromatic rings. The van der Waals surface area contributed by atoms with E-state index in [-0.39, 0.29) is 5.56 Å². The summed E-state index contributed by atoms with van der Waals surface area (Å²) in [7, 11) is 0. The fourth-order valence-electron chi connectivity index (χ4n) is 4.77. The number of hydrogen-bond donors (Lipinski definition) is 3. The Morgan fingerprint density at radius 3 is 2.49 bits per heavy atom. The normalized spacial score (nSPS) is 15.6. The molecule has 0 amide bonds. The Hall–Kier alpha value is -3.64. The summed E-state index contributed by atoms with van der Waals surface area (Å²) in [5.74, 6) is 0.148. The topological polar surface area (TPSA) is 78.8 Å². The summed E-state index contributed by atoms with van der Waals surface area (Å²) in [5, 5.41) is 23.9. The number of ether oxygens (including phenoxy) is 1. The number of aliphatic hydroxyl groups excluding tert-OH is 1. The van der Waals surface area contributed by atoms with Crippen LogP contribution in [-0.4, -0.2) is 28.8 Å². The molecule has 3 N–H and O–H groups in total. The summed E-state index contributed by atoms with van der Waals surface area (Å²) < 4.78 is 5.85. The first-order valence-corrected chi connectivity index (χ1v) is 12.7. The van der Waals surface area contributed by atoms with Gasteiger partial charge in [0.15, 0.2) is 0 Å². The molecule has 6 heteroatoms. The van der Waals surface area contributed by atoms with Gasteiger partial charge in [-0.1, -0.05) is 60.1 Å². The van der Waals surface area contributed by atoms with Crippen molar-refractivity contribution in [1.29, 1.82) is 0 Å².